The minimum absolute atomic E-state index is 0. The van der Waals surface area contributed by atoms with E-state index in [9.17, 15) is 30.1 Å². The van der Waals surface area contributed by atoms with Gasteiger partial charge in [0.25, 0.3) is 0 Å². The zero-order chi connectivity index (χ0) is 12.5. The maximum Gasteiger partial charge on any atom is 2.00 e. The monoisotopic (exact) mass is 291 g/mol. The number of carboxylic acids is 1. The Labute approximate surface area is 103 Å². The van der Waals surface area contributed by atoms with E-state index >= 15 is 0 Å². The van der Waals surface area contributed by atoms with Crippen molar-refractivity contribution in [3.8, 4) is 5.75 Å². The Balaban J connectivity index is 0.00000256. The predicted molar refractivity (Wildman–Crippen MR) is 48.4 cm³/mol. The molecule has 0 heterocycles. The van der Waals surface area contributed by atoms with Gasteiger partial charge in [0, 0.05) is 6.07 Å². The van der Waals surface area contributed by atoms with Gasteiger partial charge in [-0.15, -0.1) is 0 Å². The first-order valence-electron chi connectivity index (χ1n) is 3.74. The number of phenols is 1. The second-order valence-electron chi connectivity index (χ2n) is 2.65. The summed E-state index contributed by atoms with van der Waals surface area (Å²) in [6.45, 7) is 0. The molecule has 9 nitrogen and oxygen atoms in total. The van der Waals surface area contributed by atoms with E-state index in [1.54, 1.807) is 0 Å². The Hall–Kier alpha value is -2.19. The molecule has 1 rings (SSSR count). The molecule has 93 valence electrons. The SMILES string of the molecule is O=C(O)c1ccc([N+](=O)[O-])c([N+](=O)[O-])c1O.[Cu+2]. The number of aromatic hydroxyl groups is 1. The summed E-state index contributed by atoms with van der Waals surface area (Å²) in [5.41, 5.74) is -2.96. The van der Waals surface area contributed by atoms with Gasteiger partial charge in [-0.25, -0.2) is 4.79 Å². The molecule has 0 bridgehead atoms. The third kappa shape index (κ3) is 2.68. The fourth-order valence-corrected chi connectivity index (χ4v) is 1.07. The molecule has 0 spiro atoms. The van der Waals surface area contributed by atoms with Crippen LogP contribution in [-0.2, 0) is 17.1 Å². The summed E-state index contributed by atoms with van der Waals surface area (Å²) in [4.78, 5) is 29.1. The summed E-state index contributed by atoms with van der Waals surface area (Å²) in [5, 5.41) is 38.7. The summed E-state index contributed by atoms with van der Waals surface area (Å²) in [5.74, 6) is -2.85. The molecule has 0 saturated carbocycles. The zero-order valence-corrected chi connectivity index (χ0v) is 8.73. The van der Waals surface area contributed by atoms with Crippen molar-refractivity contribution in [1.82, 2.24) is 0 Å². The molecule has 0 fully saturated rings. The first-order chi connectivity index (χ1) is 7.36. The van der Waals surface area contributed by atoms with E-state index in [1.807, 2.05) is 0 Å². The molecule has 1 aromatic rings. The average Bonchev–Trinajstić information content (AvgIpc) is 2.15. The molecule has 0 aromatic heterocycles. The van der Waals surface area contributed by atoms with Crippen LogP contribution in [-0.4, -0.2) is 26.0 Å². The van der Waals surface area contributed by atoms with Crippen molar-refractivity contribution < 1.29 is 41.9 Å². The summed E-state index contributed by atoms with van der Waals surface area (Å²) >= 11 is 0. The molecule has 0 atom stereocenters. The van der Waals surface area contributed by atoms with Crippen LogP contribution < -0.4 is 0 Å². The first kappa shape index (κ1) is 14.8. The summed E-state index contributed by atoms with van der Waals surface area (Å²) in [7, 11) is 0. The number of hydrogen-bond donors (Lipinski definition) is 2. The molecule has 0 aliphatic carbocycles. The number of nitro groups is 2. The van der Waals surface area contributed by atoms with Gasteiger partial charge in [0.15, 0.2) is 0 Å². The number of hydrogen-bond acceptors (Lipinski definition) is 6. The van der Waals surface area contributed by atoms with Crippen LogP contribution in [0.3, 0.4) is 0 Å². The number of carbonyl (C=O) groups is 1. The molecule has 0 saturated heterocycles. The van der Waals surface area contributed by atoms with Gasteiger partial charge in [0.2, 0.25) is 5.75 Å². The van der Waals surface area contributed by atoms with Crippen LogP contribution in [0.25, 0.3) is 0 Å². The zero-order valence-electron chi connectivity index (χ0n) is 7.79. The van der Waals surface area contributed by atoms with Gasteiger partial charge < -0.3 is 10.2 Å². The van der Waals surface area contributed by atoms with E-state index in [4.69, 9.17) is 5.11 Å². The van der Waals surface area contributed by atoms with Crippen LogP contribution >= 0.6 is 0 Å². The van der Waals surface area contributed by atoms with Gasteiger partial charge in [-0.05, 0) is 6.07 Å². The van der Waals surface area contributed by atoms with Gasteiger partial charge in [-0.3, -0.25) is 20.2 Å². The predicted octanol–water partition coefficient (Wildman–Crippen LogP) is 0.904. The molecule has 2 N–H and O–H groups in total. The van der Waals surface area contributed by atoms with Crippen LogP contribution in [0.1, 0.15) is 10.4 Å². The second kappa shape index (κ2) is 5.23. The van der Waals surface area contributed by atoms with Crippen molar-refractivity contribution in [2.75, 3.05) is 0 Å². The van der Waals surface area contributed by atoms with E-state index in [1.165, 1.54) is 0 Å². The quantitative estimate of drug-likeness (QED) is 0.478. The molecule has 0 amide bonds. The Morgan fingerprint density at radius 3 is 2.06 bits per heavy atom. The van der Waals surface area contributed by atoms with Gasteiger partial charge in [0.05, 0.1) is 9.85 Å². The van der Waals surface area contributed by atoms with Gasteiger partial charge in [0.1, 0.15) is 5.56 Å². The fraction of sp³-hybridized carbons (Fsp3) is 0. The van der Waals surface area contributed by atoms with E-state index in [2.05, 4.69) is 0 Å². The van der Waals surface area contributed by atoms with Crippen LogP contribution in [0.15, 0.2) is 12.1 Å². The maximum absolute atomic E-state index is 10.5. The van der Waals surface area contributed by atoms with Crippen LogP contribution in [0, 0.1) is 20.2 Å². The molecule has 0 aliphatic heterocycles. The smallest absolute Gasteiger partial charge is 0.501 e. The van der Waals surface area contributed by atoms with E-state index in [-0.39, 0.29) is 17.1 Å². The van der Waals surface area contributed by atoms with Gasteiger partial charge >= 0.3 is 34.4 Å². The van der Waals surface area contributed by atoms with Crippen LogP contribution in [0.4, 0.5) is 11.4 Å². The maximum atomic E-state index is 10.5. The number of nitrogens with zero attached hydrogens (tertiary/aromatic N) is 2. The summed E-state index contributed by atoms with van der Waals surface area (Å²) in [6.07, 6.45) is 0. The number of rotatable bonds is 3. The molecular formula is C7H4CuN2O7+2. The van der Waals surface area contributed by atoms with Gasteiger partial charge in [-0.1, -0.05) is 0 Å². The Morgan fingerprint density at radius 2 is 1.71 bits per heavy atom. The van der Waals surface area contributed by atoms with Crippen molar-refractivity contribution in [2.24, 2.45) is 0 Å². The van der Waals surface area contributed by atoms with Crippen molar-refractivity contribution in [1.29, 1.82) is 0 Å². The first-order valence-corrected chi connectivity index (χ1v) is 3.74. The van der Waals surface area contributed by atoms with Gasteiger partial charge in [-0.2, -0.15) is 0 Å². The largest absolute Gasteiger partial charge is 2.00 e. The third-order valence-corrected chi connectivity index (χ3v) is 1.74. The normalized spacial score (nSPS) is 9.18. The fourth-order valence-electron chi connectivity index (χ4n) is 1.07. The number of nitro benzene ring substituents is 2. The van der Waals surface area contributed by atoms with Crippen LogP contribution in [0.5, 0.6) is 5.75 Å². The van der Waals surface area contributed by atoms with E-state index in [0.717, 1.165) is 6.07 Å². The standard InChI is InChI=1S/C7H4N2O7.Cu/c10-6-3(7(11)12)1-2-4(8(13)14)5(6)9(15)16;/h1-2,10H,(H,11,12);/q;+2. The van der Waals surface area contributed by atoms with Crippen molar-refractivity contribution >= 4 is 17.3 Å². The molecule has 0 aliphatic rings. The van der Waals surface area contributed by atoms with Crippen molar-refractivity contribution in [2.45, 2.75) is 0 Å². The van der Waals surface area contributed by atoms with E-state index in [0.29, 0.717) is 6.07 Å². The minimum atomic E-state index is -1.62. The third-order valence-electron chi connectivity index (χ3n) is 1.74. The molecule has 17 heavy (non-hydrogen) atoms. The summed E-state index contributed by atoms with van der Waals surface area (Å²) < 4.78 is 0. The molecular weight excluding hydrogens is 288 g/mol. The Kier molecular flexibility index (Phi) is 4.56. The molecule has 10 heteroatoms. The topological polar surface area (TPSA) is 144 Å². The van der Waals surface area contributed by atoms with E-state index < -0.39 is 38.5 Å². The summed E-state index contributed by atoms with van der Waals surface area (Å²) in [6, 6.07) is 1.38. The molecule has 1 aromatic carbocycles. The van der Waals surface area contributed by atoms with Crippen LogP contribution in [0.2, 0.25) is 0 Å². The minimum Gasteiger partial charge on any atom is -0.501 e. The number of carboxylic acid groups (broad SMARTS) is 1. The Bertz CT molecular complexity index is 501. The average molecular weight is 292 g/mol. The Morgan fingerprint density at radius 1 is 1.18 bits per heavy atom. The molecule has 1 radical (unpaired) electrons. The molecule has 0 unspecified atom stereocenters. The number of benzene rings is 1. The second-order valence-corrected chi connectivity index (χ2v) is 2.65. The van der Waals surface area contributed by atoms with Crippen molar-refractivity contribution in [3.05, 3.63) is 37.9 Å². The van der Waals surface area contributed by atoms with Crippen molar-refractivity contribution in [3.63, 3.8) is 0 Å². The number of aromatic carboxylic acids is 1.